The molecule has 0 saturated carbocycles. The highest BCUT2D eigenvalue weighted by Crippen LogP contribution is 2.38. The number of furan rings is 1. The topological polar surface area (TPSA) is 75.6 Å². The van der Waals surface area contributed by atoms with Gasteiger partial charge in [0.15, 0.2) is 17.5 Å². The molecular formula is C50H30N4O. The number of hydrogen-bond acceptors (Lipinski definition) is 5. The first kappa shape index (κ1) is 32.0. The van der Waals surface area contributed by atoms with Gasteiger partial charge in [-0.05, 0) is 75.0 Å². The van der Waals surface area contributed by atoms with Crippen molar-refractivity contribution in [3.05, 3.63) is 188 Å². The largest absolute Gasteiger partial charge is 0.455 e. The molecule has 0 N–H and O–H groups in total. The summed E-state index contributed by atoms with van der Waals surface area (Å²) in [7, 11) is 0. The minimum Gasteiger partial charge on any atom is -0.455 e. The van der Waals surface area contributed by atoms with Crippen molar-refractivity contribution in [2.24, 2.45) is 0 Å². The molecule has 0 aliphatic carbocycles. The van der Waals surface area contributed by atoms with Crippen molar-refractivity contribution in [2.75, 3.05) is 0 Å². The molecule has 55 heavy (non-hydrogen) atoms. The van der Waals surface area contributed by atoms with Gasteiger partial charge in [0.2, 0.25) is 0 Å². The Labute approximate surface area is 317 Å². The van der Waals surface area contributed by atoms with Gasteiger partial charge in [0.05, 0.1) is 11.6 Å². The number of nitriles is 1. The zero-order valence-corrected chi connectivity index (χ0v) is 29.5. The molecule has 0 amide bonds. The normalized spacial score (nSPS) is 11.3. The minimum atomic E-state index is 0.597. The van der Waals surface area contributed by atoms with Crippen LogP contribution in [0.4, 0.5) is 0 Å². The summed E-state index contributed by atoms with van der Waals surface area (Å²) in [5, 5.41) is 14.5. The SMILES string of the molecule is N#Cc1cc(-c2ccc3ccc(-c4ccc(-c5nc(-c6ccccc6)nc(-c6ccccc6)n5)cc4)cc3c2)cc(-c2cccc3c2oc2ccccc23)c1. The highest BCUT2D eigenvalue weighted by molar-refractivity contribution is 6.09. The molecule has 0 saturated heterocycles. The van der Waals surface area contributed by atoms with E-state index in [4.69, 9.17) is 19.4 Å². The summed E-state index contributed by atoms with van der Waals surface area (Å²) in [5.74, 6) is 1.90. The quantitative estimate of drug-likeness (QED) is 0.172. The summed E-state index contributed by atoms with van der Waals surface area (Å²) in [4.78, 5) is 14.6. The van der Waals surface area contributed by atoms with Gasteiger partial charge in [-0.3, -0.25) is 0 Å². The Bertz CT molecular complexity index is 3030. The Morgan fingerprint density at radius 1 is 0.382 bits per heavy atom. The maximum Gasteiger partial charge on any atom is 0.164 e. The van der Waals surface area contributed by atoms with Crippen LogP contribution >= 0.6 is 0 Å². The van der Waals surface area contributed by atoms with E-state index < -0.39 is 0 Å². The van der Waals surface area contributed by atoms with Gasteiger partial charge >= 0.3 is 0 Å². The molecule has 10 aromatic rings. The summed E-state index contributed by atoms with van der Waals surface area (Å²) in [6.45, 7) is 0. The van der Waals surface area contributed by atoms with Gasteiger partial charge in [-0.15, -0.1) is 0 Å². The summed E-state index contributed by atoms with van der Waals surface area (Å²) < 4.78 is 6.36. The number of hydrogen-bond donors (Lipinski definition) is 0. The Balaban J connectivity index is 1.00. The van der Waals surface area contributed by atoms with E-state index in [2.05, 4.69) is 97.1 Å². The third-order valence-electron chi connectivity index (χ3n) is 10.1. The second-order valence-corrected chi connectivity index (χ2v) is 13.6. The van der Waals surface area contributed by atoms with Crippen LogP contribution in [0.1, 0.15) is 5.56 Å². The number of fused-ring (bicyclic) bond motifs is 4. The van der Waals surface area contributed by atoms with Crippen molar-refractivity contribution >= 4 is 32.7 Å². The lowest BCUT2D eigenvalue weighted by atomic mass is 9.93. The number of rotatable bonds is 6. The fourth-order valence-corrected chi connectivity index (χ4v) is 7.34. The van der Waals surface area contributed by atoms with Crippen LogP contribution in [0.25, 0.3) is 100 Å². The molecule has 5 nitrogen and oxygen atoms in total. The summed E-state index contributed by atoms with van der Waals surface area (Å²) in [6, 6.07) is 64.2. The Hall–Kier alpha value is -7.68. The fourth-order valence-electron chi connectivity index (χ4n) is 7.34. The molecule has 0 fully saturated rings. The van der Waals surface area contributed by atoms with E-state index in [1.165, 1.54) is 0 Å². The van der Waals surface area contributed by atoms with Crippen LogP contribution in [0.5, 0.6) is 0 Å². The van der Waals surface area contributed by atoms with Gasteiger partial charge < -0.3 is 4.42 Å². The van der Waals surface area contributed by atoms with Gasteiger partial charge in [0, 0.05) is 33.0 Å². The van der Waals surface area contributed by atoms with Crippen LogP contribution in [-0.4, -0.2) is 15.0 Å². The van der Waals surface area contributed by atoms with E-state index in [9.17, 15) is 5.26 Å². The minimum absolute atomic E-state index is 0.597. The second kappa shape index (κ2) is 13.4. The van der Waals surface area contributed by atoms with Crippen LogP contribution in [0, 0.1) is 11.3 Å². The van der Waals surface area contributed by atoms with Gasteiger partial charge in [-0.2, -0.15) is 5.26 Å². The predicted molar refractivity (Wildman–Crippen MR) is 222 cm³/mol. The Morgan fingerprint density at radius 3 is 1.56 bits per heavy atom. The summed E-state index contributed by atoms with van der Waals surface area (Å²) >= 11 is 0. The van der Waals surface area contributed by atoms with Crippen LogP contribution in [0.2, 0.25) is 0 Å². The summed E-state index contributed by atoms with van der Waals surface area (Å²) in [6.07, 6.45) is 0. The molecule has 10 rings (SSSR count). The molecule has 0 aliphatic heterocycles. The molecule has 0 atom stereocenters. The highest BCUT2D eigenvalue weighted by atomic mass is 16.3. The molecule has 0 unspecified atom stereocenters. The summed E-state index contributed by atoms with van der Waals surface area (Å²) in [5.41, 5.74) is 11.2. The standard InChI is InChI=1S/C50H30N4O/c51-31-32-26-40(30-42(27-32)43-15-9-16-45-44-14-7-8-17-46(44)55-47(43)45)39-25-21-34-20-24-38(28-41(34)29-39)33-18-22-37(23-19-33)50-53-48(35-10-3-1-4-11-35)52-49(54-50)36-12-5-2-6-13-36/h1-30H. The molecule has 2 aromatic heterocycles. The van der Waals surface area contributed by atoms with Crippen LogP contribution in [0.15, 0.2) is 186 Å². The van der Waals surface area contributed by atoms with E-state index in [0.717, 1.165) is 82.8 Å². The van der Waals surface area contributed by atoms with Crippen molar-refractivity contribution in [1.29, 1.82) is 5.26 Å². The van der Waals surface area contributed by atoms with Crippen molar-refractivity contribution in [3.63, 3.8) is 0 Å². The highest BCUT2D eigenvalue weighted by Gasteiger charge is 2.15. The van der Waals surface area contributed by atoms with Crippen molar-refractivity contribution in [2.45, 2.75) is 0 Å². The van der Waals surface area contributed by atoms with E-state index in [-0.39, 0.29) is 0 Å². The average Bonchev–Trinajstić information content (AvgIpc) is 3.65. The van der Waals surface area contributed by atoms with E-state index in [1.54, 1.807) is 0 Å². The van der Waals surface area contributed by atoms with Crippen LogP contribution < -0.4 is 0 Å². The molecule has 0 radical (unpaired) electrons. The predicted octanol–water partition coefficient (Wildman–Crippen LogP) is 12.8. The van der Waals surface area contributed by atoms with Gasteiger partial charge in [-0.1, -0.05) is 146 Å². The third kappa shape index (κ3) is 5.98. The van der Waals surface area contributed by atoms with E-state index >= 15 is 0 Å². The maximum atomic E-state index is 10.1. The lowest BCUT2D eigenvalue weighted by Crippen LogP contribution is -2.00. The van der Waals surface area contributed by atoms with Crippen LogP contribution in [0.3, 0.4) is 0 Å². The van der Waals surface area contributed by atoms with Gasteiger partial charge in [-0.25, -0.2) is 15.0 Å². The molecule has 0 aliphatic rings. The fraction of sp³-hybridized carbons (Fsp3) is 0. The van der Waals surface area contributed by atoms with Crippen molar-refractivity contribution < 1.29 is 4.42 Å². The monoisotopic (exact) mass is 702 g/mol. The number of aromatic nitrogens is 3. The van der Waals surface area contributed by atoms with E-state index in [1.807, 2.05) is 91.0 Å². The first-order chi connectivity index (χ1) is 27.2. The first-order valence-electron chi connectivity index (χ1n) is 18.1. The first-order valence-corrected chi connectivity index (χ1v) is 18.1. The maximum absolute atomic E-state index is 10.1. The Kier molecular flexibility index (Phi) is 7.79. The van der Waals surface area contributed by atoms with Crippen LogP contribution in [-0.2, 0) is 0 Å². The smallest absolute Gasteiger partial charge is 0.164 e. The number of nitrogens with zero attached hydrogens (tertiary/aromatic N) is 4. The average molecular weight is 703 g/mol. The molecule has 8 aromatic carbocycles. The zero-order valence-electron chi connectivity index (χ0n) is 29.5. The van der Waals surface area contributed by atoms with Gasteiger partial charge in [0.1, 0.15) is 11.2 Å². The second-order valence-electron chi connectivity index (χ2n) is 13.6. The lowest BCUT2D eigenvalue weighted by Gasteiger charge is -2.11. The Morgan fingerprint density at radius 2 is 0.909 bits per heavy atom. The lowest BCUT2D eigenvalue weighted by molar-refractivity contribution is 0.670. The van der Waals surface area contributed by atoms with Crippen molar-refractivity contribution in [3.8, 4) is 73.6 Å². The van der Waals surface area contributed by atoms with Crippen molar-refractivity contribution in [1.82, 2.24) is 15.0 Å². The number of para-hydroxylation sites is 2. The van der Waals surface area contributed by atoms with E-state index in [0.29, 0.717) is 23.0 Å². The van der Waals surface area contributed by atoms with Gasteiger partial charge in [0.25, 0.3) is 0 Å². The molecule has 5 heteroatoms. The number of benzene rings is 8. The molecule has 0 bridgehead atoms. The molecular weight excluding hydrogens is 673 g/mol. The zero-order chi connectivity index (χ0) is 36.7. The molecule has 2 heterocycles. The molecule has 256 valence electrons. The molecule has 0 spiro atoms. The third-order valence-corrected chi connectivity index (χ3v) is 10.1.